The highest BCUT2D eigenvalue weighted by molar-refractivity contribution is 7.84. The van der Waals surface area contributed by atoms with Crippen molar-refractivity contribution in [3.05, 3.63) is 23.5 Å². The van der Waals surface area contributed by atoms with Crippen LogP contribution >= 0.6 is 0 Å². The summed E-state index contributed by atoms with van der Waals surface area (Å²) in [5.41, 5.74) is -1.44. The van der Waals surface area contributed by atoms with Gasteiger partial charge in [-0.15, -0.1) is 0 Å². The molecule has 1 aliphatic heterocycles. The van der Waals surface area contributed by atoms with Gasteiger partial charge in [-0.2, -0.15) is 0 Å². The summed E-state index contributed by atoms with van der Waals surface area (Å²) >= 11 is 0. The van der Waals surface area contributed by atoms with Crippen LogP contribution in [0.3, 0.4) is 0 Å². The Bertz CT molecular complexity index is 1230. The standard InChI is InChI=1S/C29H40BFO8S/c1-16-8-10-29-11-9-19(32)25(29)28(16,4)21(12-27(3,15-40(5)36)26(34)17(29)2)39-22(33)14-37-20-7-6-18-13-38-30(35)23(18)24(20)31/h6-7,16-17,21,25-26,34-35H,8-15H2,1-5H3/t16-,17-,21+,25-,26-,27-,28-,29-,40?/m0/s1. The van der Waals surface area contributed by atoms with Crippen LogP contribution in [0.5, 0.6) is 5.75 Å². The molecule has 11 heteroatoms. The van der Waals surface area contributed by atoms with Crippen LogP contribution in [0.25, 0.3) is 0 Å². The van der Waals surface area contributed by atoms with Crippen molar-refractivity contribution in [1.82, 2.24) is 0 Å². The first-order chi connectivity index (χ1) is 18.7. The number of hydrogen-bond acceptors (Lipinski definition) is 8. The molecule has 1 unspecified atom stereocenters. The fourth-order valence-electron chi connectivity index (χ4n) is 8.66. The molecule has 0 aromatic heterocycles. The van der Waals surface area contributed by atoms with E-state index >= 15 is 0 Å². The number of rotatable bonds is 6. The van der Waals surface area contributed by atoms with Crippen LogP contribution in [0.15, 0.2) is 12.1 Å². The quantitative estimate of drug-likeness (QED) is 0.391. The predicted molar refractivity (Wildman–Crippen MR) is 148 cm³/mol. The average molecular weight is 579 g/mol. The molecule has 40 heavy (non-hydrogen) atoms. The Kier molecular flexibility index (Phi) is 7.77. The highest BCUT2D eigenvalue weighted by atomic mass is 32.2. The van der Waals surface area contributed by atoms with Crippen LogP contribution in [-0.4, -0.2) is 64.0 Å². The first-order valence-electron chi connectivity index (χ1n) is 14.2. The van der Waals surface area contributed by atoms with Gasteiger partial charge < -0.3 is 24.3 Å². The van der Waals surface area contributed by atoms with Gasteiger partial charge in [0, 0.05) is 51.4 Å². The van der Waals surface area contributed by atoms with Crippen LogP contribution in [0.2, 0.25) is 0 Å². The van der Waals surface area contributed by atoms with E-state index in [-0.39, 0.29) is 53.5 Å². The number of halogens is 1. The molecule has 4 aliphatic rings. The molecule has 5 rings (SSSR count). The summed E-state index contributed by atoms with van der Waals surface area (Å²) in [4.78, 5) is 26.9. The lowest BCUT2D eigenvalue weighted by atomic mass is 9.44. The minimum Gasteiger partial charge on any atom is -0.479 e. The second-order valence-corrected chi connectivity index (χ2v) is 14.6. The summed E-state index contributed by atoms with van der Waals surface area (Å²) in [5, 5.41) is 21.7. The molecular formula is C29H40BFO8S. The maximum Gasteiger partial charge on any atom is 0.494 e. The fourth-order valence-corrected chi connectivity index (χ4v) is 9.88. The molecule has 220 valence electrons. The first-order valence-corrected chi connectivity index (χ1v) is 15.9. The third-order valence-corrected chi connectivity index (χ3v) is 12.0. The average Bonchev–Trinajstić information content (AvgIpc) is 3.44. The SMILES string of the molecule is C[C@H]1[C@H](O)[C@](C)(CS(C)=O)C[C@@H](OC(=O)COc2ccc3c(c2F)B(O)OC3)[C@@]2(C)[C@@H]3C(=O)CC[C@]31CC[C@@H]2C. The molecule has 2 bridgehead atoms. The molecule has 1 heterocycles. The normalized spacial score (nSPS) is 39.6. The molecule has 0 radical (unpaired) electrons. The Morgan fingerprint density at radius 2 is 2.00 bits per heavy atom. The van der Waals surface area contributed by atoms with E-state index < -0.39 is 64.8 Å². The van der Waals surface area contributed by atoms with Gasteiger partial charge in [-0.05, 0) is 54.6 Å². The highest BCUT2D eigenvalue weighted by Gasteiger charge is 2.68. The number of aliphatic hydroxyl groups excluding tert-OH is 1. The van der Waals surface area contributed by atoms with Crippen molar-refractivity contribution in [1.29, 1.82) is 0 Å². The molecule has 2 N–H and O–H groups in total. The second kappa shape index (κ2) is 10.5. The highest BCUT2D eigenvalue weighted by Crippen LogP contribution is 2.67. The van der Waals surface area contributed by atoms with Crippen molar-refractivity contribution in [3.8, 4) is 5.75 Å². The summed E-state index contributed by atoms with van der Waals surface area (Å²) in [6.07, 6.45) is 3.01. The molecule has 3 fully saturated rings. The van der Waals surface area contributed by atoms with Crippen LogP contribution in [0, 0.1) is 39.8 Å². The third kappa shape index (κ3) is 4.55. The van der Waals surface area contributed by atoms with E-state index in [4.69, 9.17) is 14.1 Å². The van der Waals surface area contributed by atoms with Gasteiger partial charge in [0.15, 0.2) is 18.2 Å². The van der Waals surface area contributed by atoms with Crippen LogP contribution in [0.1, 0.15) is 65.4 Å². The lowest BCUT2D eigenvalue weighted by Gasteiger charge is -2.62. The summed E-state index contributed by atoms with van der Waals surface area (Å²) in [7, 11) is -2.62. The number of carbonyl (C=O) groups is 2. The number of Topliss-reactive ketones (excluding diaryl/α,β-unsaturated/α-hetero) is 1. The Morgan fingerprint density at radius 3 is 2.70 bits per heavy atom. The Labute approximate surface area is 237 Å². The number of ether oxygens (including phenoxy) is 2. The van der Waals surface area contributed by atoms with Gasteiger partial charge in [0.25, 0.3) is 0 Å². The molecule has 0 amide bonds. The topological polar surface area (TPSA) is 119 Å². The molecule has 1 aromatic rings. The van der Waals surface area contributed by atoms with Crippen molar-refractivity contribution in [2.24, 2.45) is 34.0 Å². The molecule has 3 aliphatic carbocycles. The zero-order valence-electron chi connectivity index (χ0n) is 23.9. The fraction of sp³-hybridized carbons (Fsp3) is 0.724. The number of aliphatic hydroxyl groups is 1. The van der Waals surface area contributed by atoms with Gasteiger partial charge >= 0.3 is 13.1 Å². The summed E-state index contributed by atoms with van der Waals surface area (Å²) in [5.74, 6) is -1.84. The minimum absolute atomic E-state index is 0.00282. The van der Waals surface area contributed by atoms with Gasteiger partial charge in [0.2, 0.25) is 0 Å². The number of fused-ring (bicyclic) bond motifs is 1. The summed E-state index contributed by atoms with van der Waals surface area (Å²) in [6, 6.07) is 2.97. The Hall–Kier alpha value is -1.82. The number of esters is 1. The summed E-state index contributed by atoms with van der Waals surface area (Å²) in [6.45, 7) is 7.56. The zero-order valence-corrected chi connectivity index (χ0v) is 24.7. The molecule has 0 spiro atoms. The minimum atomic E-state index is -1.40. The second-order valence-electron chi connectivity index (χ2n) is 13.1. The maximum atomic E-state index is 15.0. The van der Waals surface area contributed by atoms with Gasteiger partial charge in [0.1, 0.15) is 11.9 Å². The van der Waals surface area contributed by atoms with Crippen molar-refractivity contribution < 1.29 is 42.4 Å². The third-order valence-electron chi connectivity index (χ3n) is 10.9. The number of ketones is 1. The smallest absolute Gasteiger partial charge is 0.479 e. The molecule has 1 aromatic carbocycles. The Balaban J connectivity index is 1.46. The largest absolute Gasteiger partial charge is 0.494 e. The molecule has 0 saturated heterocycles. The lowest BCUT2D eigenvalue weighted by Crippen LogP contribution is -2.64. The van der Waals surface area contributed by atoms with Crippen molar-refractivity contribution in [2.45, 2.75) is 78.6 Å². The van der Waals surface area contributed by atoms with E-state index in [0.29, 0.717) is 18.4 Å². The monoisotopic (exact) mass is 578 g/mol. The van der Waals surface area contributed by atoms with Gasteiger partial charge in [-0.3, -0.25) is 9.00 Å². The molecule has 8 nitrogen and oxygen atoms in total. The van der Waals surface area contributed by atoms with E-state index in [2.05, 4.69) is 6.92 Å². The Morgan fingerprint density at radius 1 is 1.27 bits per heavy atom. The van der Waals surface area contributed by atoms with Crippen molar-refractivity contribution in [3.63, 3.8) is 0 Å². The van der Waals surface area contributed by atoms with Crippen LogP contribution < -0.4 is 10.2 Å². The molecular weight excluding hydrogens is 538 g/mol. The van der Waals surface area contributed by atoms with Crippen molar-refractivity contribution in [2.75, 3.05) is 18.6 Å². The molecule has 3 saturated carbocycles. The van der Waals surface area contributed by atoms with E-state index in [9.17, 15) is 28.3 Å². The maximum absolute atomic E-state index is 15.0. The van der Waals surface area contributed by atoms with E-state index in [1.165, 1.54) is 6.07 Å². The van der Waals surface area contributed by atoms with E-state index in [0.717, 1.165) is 12.8 Å². The van der Waals surface area contributed by atoms with Gasteiger partial charge in [-0.1, -0.05) is 33.8 Å². The zero-order chi connectivity index (χ0) is 29.2. The van der Waals surface area contributed by atoms with Gasteiger partial charge in [-0.25, -0.2) is 9.18 Å². The van der Waals surface area contributed by atoms with E-state index in [1.54, 1.807) is 12.3 Å². The number of benzene rings is 1. The van der Waals surface area contributed by atoms with Crippen LogP contribution in [-0.2, 0) is 36.4 Å². The number of carbonyl (C=O) groups excluding carboxylic acids is 2. The predicted octanol–water partition coefficient (Wildman–Crippen LogP) is 2.52. The van der Waals surface area contributed by atoms with Crippen molar-refractivity contribution >= 4 is 35.1 Å². The number of hydrogen-bond donors (Lipinski definition) is 2. The first kappa shape index (κ1) is 29.7. The van der Waals surface area contributed by atoms with Crippen LogP contribution in [0.4, 0.5) is 4.39 Å². The molecule has 9 atom stereocenters. The lowest BCUT2D eigenvalue weighted by molar-refractivity contribution is -0.210. The van der Waals surface area contributed by atoms with E-state index in [1.807, 2.05) is 20.8 Å². The summed E-state index contributed by atoms with van der Waals surface area (Å²) < 4.78 is 44.2. The van der Waals surface area contributed by atoms with Gasteiger partial charge in [0.05, 0.1) is 12.7 Å².